The smallest absolute Gasteiger partial charge is 0.311 e. The summed E-state index contributed by atoms with van der Waals surface area (Å²) in [6.07, 6.45) is 0.00831. The van der Waals surface area contributed by atoms with Crippen LogP contribution in [-0.4, -0.2) is 43.1 Å². The highest BCUT2D eigenvalue weighted by atomic mass is 16.5. The van der Waals surface area contributed by atoms with Crippen molar-refractivity contribution in [2.45, 2.75) is 20.3 Å². The van der Waals surface area contributed by atoms with Crippen LogP contribution in [0.5, 0.6) is 5.75 Å². The Balaban J connectivity index is 1.96. The fraction of sp³-hybridized carbons (Fsp3) is 0.438. The van der Waals surface area contributed by atoms with Crippen LogP contribution in [0.4, 0.5) is 0 Å². The lowest BCUT2D eigenvalue weighted by atomic mass is 10.0. The topological polar surface area (TPSA) is 84.9 Å². The van der Waals surface area contributed by atoms with Gasteiger partial charge in [0, 0.05) is 6.42 Å². The molecule has 1 unspecified atom stereocenters. The third-order valence-corrected chi connectivity index (χ3v) is 3.61. The third kappa shape index (κ3) is 4.21. The van der Waals surface area contributed by atoms with E-state index in [4.69, 9.17) is 4.74 Å². The lowest BCUT2D eigenvalue weighted by molar-refractivity contribution is -0.157. The molecule has 1 fully saturated rings. The largest absolute Gasteiger partial charge is 0.483 e. The molecule has 0 aromatic heterocycles. The van der Waals surface area contributed by atoms with Crippen molar-refractivity contribution in [1.82, 2.24) is 10.4 Å². The van der Waals surface area contributed by atoms with E-state index in [1.165, 1.54) is 7.11 Å². The summed E-state index contributed by atoms with van der Waals surface area (Å²) in [6.45, 7) is 3.71. The first-order valence-corrected chi connectivity index (χ1v) is 7.28. The molecule has 23 heavy (non-hydrogen) atoms. The number of hydrogen-bond donors (Lipinski definition) is 1. The van der Waals surface area contributed by atoms with Crippen molar-refractivity contribution in [3.05, 3.63) is 29.3 Å². The minimum absolute atomic E-state index is 0.00831. The van der Waals surface area contributed by atoms with Crippen LogP contribution in [0.2, 0.25) is 0 Å². The SMILES string of the molecule is COC(=O)C1CC(=O)NN(C(=O)COc2ccc(C)cc2C)C1. The number of rotatable bonds is 4. The third-order valence-electron chi connectivity index (χ3n) is 3.61. The molecule has 1 saturated heterocycles. The molecule has 0 bridgehead atoms. The zero-order valence-electron chi connectivity index (χ0n) is 13.4. The summed E-state index contributed by atoms with van der Waals surface area (Å²) in [5.41, 5.74) is 4.47. The molecule has 1 heterocycles. The summed E-state index contributed by atoms with van der Waals surface area (Å²) in [5.74, 6) is -1.37. The number of ether oxygens (including phenoxy) is 2. The fourth-order valence-corrected chi connectivity index (χ4v) is 2.42. The molecule has 0 spiro atoms. The Bertz CT molecular complexity index is 629. The van der Waals surface area contributed by atoms with Gasteiger partial charge in [-0.1, -0.05) is 17.7 Å². The molecule has 7 nitrogen and oxygen atoms in total. The molecule has 0 radical (unpaired) electrons. The van der Waals surface area contributed by atoms with E-state index in [0.717, 1.165) is 16.1 Å². The number of hydrogen-bond acceptors (Lipinski definition) is 5. The van der Waals surface area contributed by atoms with Crippen molar-refractivity contribution in [2.24, 2.45) is 5.92 Å². The predicted octanol–water partition coefficient (Wildman–Crippen LogP) is 0.735. The van der Waals surface area contributed by atoms with Crippen LogP contribution in [-0.2, 0) is 19.1 Å². The van der Waals surface area contributed by atoms with Crippen molar-refractivity contribution in [1.29, 1.82) is 0 Å². The summed E-state index contributed by atoms with van der Waals surface area (Å²) in [5, 5.41) is 1.11. The van der Waals surface area contributed by atoms with Gasteiger partial charge in [0.2, 0.25) is 5.91 Å². The zero-order valence-corrected chi connectivity index (χ0v) is 13.4. The highest BCUT2D eigenvalue weighted by molar-refractivity contribution is 5.88. The van der Waals surface area contributed by atoms with Gasteiger partial charge in [0.05, 0.1) is 19.6 Å². The quantitative estimate of drug-likeness (QED) is 0.827. The zero-order chi connectivity index (χ0) is 17.0. The maximum atomic E-state index is 12.2. The molecular formula is C16H20N2O5. The molecule has 7 heteroatoms. The maximum absolute atomic E-state index is 12.2. The van der Waals surface area contributed by atoms with Crippen LogP contribution >= 0.6 is 0 Å². The van der Waals surface area contributed by atoms with Gasteiger partial charge in [-0.15, -0.1) is 0 Å². The van der Waals surface area contributed by atoms with E-state index < -0.39 is 23.7 Å². The number of esters is 1. The van der Waals surface area contributed by atoms with Crippen LogP contribution in [0.3, 0.4) is 0 Å². The van der Waals surface area contributed by atoms with E-state index in [1.54, 1.807) is 6.07 Å². The van der Waals surface area contributed by atoms with Crippen molar-refractivity contribution < 1.29 is 23.9 Å². The number of carbonyl (C=O) groups is 3. The highest BCUT2D eigenvalue weighted by Gasteiger charge is 2.33. The molecule has 1 aliphatic heterocycles. The Labute approximate surface area is 134 Å². The Morgan fingerprint density at radius 2 is 2.09 bits per heavy atom. The average molecular weight is 320 g/mol. The number of aryl methyl sites for hydroxylation is 2. The maximum Gasteiger partial charge on any atom is 0.311 e. The first-order chi connectivity index (χ1) is 10.9. The molecule has 2 rings (SSSR count). The monoisotopic (exact) mass is 320 g/mol. The first-order valence-electron chi connectivity index (χ1n) is 7.28. The molecule has 0 saturated carbocycles. The van der Waals surface area contributed by atoms with Crippen LogP contribution < -0.4 is 10.2 Å². The lowest BCUT2D eigenvalue weighted by Crippen LogP contribution is -2.55. The van der Waals surface area contributed by atoms with Crippen LogP contribution in [0, 0.1) is 19.8 Å². The number of carbonyl (C=O) groups excluding carboxylic acids is 3. The van der Waals surface area contributed by atoms with Crippen LogP contribution in [0.25, 0.3) is 0 Å². The summed E-state index contributed by atoms with van der Waals surface area (Å²) >= 11 is 0. The first kappa shape index (κ1) is 16.8. The summed E-state index contributed by atoms with van der Waals surface area (Å²) in [7, 11) is 1.25. The molecule has 1 aliphatic rings. The number of amides is 2. The van der Waals surface area contributed by atoms with Crippen molar-refractivity contribution in [3.8, 4) is 5.75 Å². The minimum atomic E-state index is -0.654. The normalized spacial score (nSPS) is 17.4. The molecule has 2 amide bonds. The number of methoxy groups -OCH3 is 1. The Kier molecular flexibility index (Phi) is 5.20. The molecular weight excluding hydrogens is 300 g/mol. The molecule has 1 atom stereocenters. The summed E-state index contributed by atoms with van der Waals surface area (Å²) < 4.78 is 10.1. The number of nitrogens with one attached hydrogen (secondary N) is 1. The van der Waals surface area contributed by atoms with Gasteiger partial charge in [0.15, 0.2) is 6.61 Å². The van der Waals surface area contributed by atoms with Crippen molar-refractivity contribution >= 4 is 17.8 Å². The van der Waals surface area contributed by atoms with Gasteiger partial charge < -0.3 is 9.47 Å². The van der Waals surface area contributed by atoms with Gasteiger partial charge in [-0.3, -0.25) is 24.8 Å². The molecule has 124 valence electrons. The van der Waals surface area contributed by atoms with Gasteiger partial charge in [-0.25, -0.2) is 0 Å². The molecule has 0 aliphatic carbocycles. The second-order valence-corrected chi connectivity index (χ2v) is 5.52. The highest BCUT2D eigenvalue weighted by Crippen LogP contribution is 2.19. The average Bonchev–Trinajstić information content (AvgIpc) is 2.52. The van der Waals surface area contributed by atoms with Crippen molar-refractivity contribution in [2.75, 3.05) is 20.3 Å². The Morgan fingerprint density at radius 1 is 1.35 bits per heavy atom. The summed E-state index contributed by atoms with van der Waals surface area (Å²) in [4.78, 5) is 35.4. The predicted molar refractivity (Wildman–Crippen MR) is 81.4 cm³/mol. The van der Waals surface area contributed by atoms with E-state index in [0.29, 0.717) is 5.75 Å². The van der Waals surface area contributed by atoms with E-state index in [2.05, 4.69) is 10.2 Å². The standard InChI is InChI=1S/C16H20N2O5/c1-10-4-5-13(11(2)6-10)23-9-15(20)18-8-12(16(21)22-3)7-14(19)17-18/h4-6,12H,7-9H2,1-3H3,(H,17,19). The molecule has 1 aromatic rings. The molecule has 1 aromatic carbocycles. The van der Waals surface area contributed by atoms with Gasteiger partial charge >= 0.3 is 5.97 Å². The summed E-state index contributed by atoms with van der Waals surface area (Å²) in [6, 6.07) is 5.64. The second kappa shape index (κ2) is 7.13. The van der Waals surface area contributed by atoms with E-state index in [-0.39, 0.29) is 19.6 Å². The van der Waals surface area contributed by atoms with Crippen LogP contribution in [0.15, 0.2) is 18.2 Å². The number of nitrogens with zero attached hydrogens (tertiary/aromatic N) is 1. The molecule has 1 N–H and O–H groups in total. The van der Waals surface area contributed by atoms with Gasteiger partial charge in [-0.05, 0) is 25.5 Å². The van der Waals surface area contributed by atoms with E-state index in [9.17, 15) is 14.4 Å². The van der Waals surface area contributed by atoms with Gasteiger partial charge in [0.25, 0.3) is 5.91 Å². The van der Waals surface area contributed by atoms with Gasteiger partial charge in [-0.2, -0.15) is 0 Å². The van der Waals surface area contributed by atoms with Crippen molar-refractivity contribution in [3.63, 3.8) is 0 Å². The Hall–Kier alpha value is -2.57. The fourth-order valence-electron chi connectivity index (χ4n) is 2.42. The Morgan fingerprint density at radius 3 is 2.74 bits per heavy atom. The van der Waals surface area contributed by atoms with E-state index in [1.807, 2.05) is 26.0 Å². The number of hydrazine groups is 1. The minimum Gasteiger partial charge on any atom is -0.483 e. The van der Waals surface area contributed by atoms with E-state index >= 15 is 0 Å². The second-order valence-electron chi connectivity index (χ2n) is 5.52. The van der Waals surface area contributed by atoms with Gasteiger partial charge in [0.1, 0.15) is 5.75 Å². The number of benzene rings is 1. The lowest BCUT2D eigenvalue weighted by Gasteiger charge is -2.31. The van der Waals surface area contributed by atoms with Crippen LogP contribution in [0.1, 0.15) is 17.5 Å².